The Balaban J connectivity index is 0.722. The maximum absolute atomic E-state index is 2.48. The molecular formula is C74H52N2. The molecule has 0 N–H and O–H groups in total. The molecule has 358 valence electrons. The Morgan fingerprint density at radius 3 is 0.908 bits per heavy atom. The van der Waals surface area contributed by atoms with E-state index < -0.39 is 0 Å². The van der Waals surface area contributed by atoms with E-state index in [9.17, 15) is 0 Å². The van der Waals surface area contributed by atoms with Gasteiger partial charge in [0.05, 0.1) is 33.4 Å². The Morgan fingerprint density at radius 2 is 0.526 bits per heavy atom. The lowest BCUT2D eigenvalue weighted by molar-refractivity contribution is 0.660. The highest BCUT2D eigenvalue weighted by atomic mass is 15.0. The van der Waals surface area contributed by atoms with Crippen LogP contribution in [0.1, 0.15) is 49.9 Å². The summed E-state index contributed by atoms with van der Waals surface area (Å²) in [7, 11) is 0. The van der Waals surface area contributed by atoms with E-state index in [4.69, 9.17) is 0 Å². The van der Waals surface area contributed by atoms with Crippen LogP contribution in [0.4, 0.5) is 0 Å². The molecule has 2 heteroatoms. The van der Waals surface area contributed by atoms with Crippen molar-refractivity contribution < 1.29 is 0 Å². The van der Waals surface area contributed by atoms with Crippen molar-refractivity contribution in [1.82, 2.24) is 9.13 Å². The second-order valence-electron chi connectivity index (χ2n) is 22.5. The Hall–Kier alpha value is -9.24. The summed E-state index contributed by atoms with van der Waals surface area (Å²) in [6, 6.07) is 91.2. The molecule has 0 atom stereocenters. The van der Waals surface area contributed by atoms with Crippen molar-refractivity contribution in [3.05, 3.63) is 265 Å². The molecule has 2 aromatic heterocycles. The van der Waals surface area contributed by atoms with Gasteiger partial charge in [-0.05, 0) is 161 Å². The first-order valence-electron chi connectivity index (χ1n) is 26.8. The maximum atomic E-state index is 2.48. The number of fused-ring (bicyclic) bond motifs is 14. The van der Waals surface area contributed by atoms with Crippen molar-refractivity contribution in [3.63, 3.8) is 0 Å². The van der Waals surface area contributed by atoms with Crippen LogP contribution in [0.25, 0.3) is 132 Å². The van der Waals surface area contributed by atoms with Crippen molar-refractivity contribution in [2.45, 2.75) is 38.5 Å². The average Bonchev–Trinajstić information content (AvgIpc) is 4.20. The van der Waals surface area contributed by atoms with Gasteiger partial charge < -0.3 is 9.13 Å². The number of nitrogens with zero attached hydrogens (tertiary/aromatic N) is 2. The fourth-order valence-electron chi connectivity index (χ4n) is 13.8. The van der Waals surface area contributed by atoms with Crippen LogP contribution in [-0.4, -0.2) is 9.13 Å². The van der Waals surface area contributed by atoms with Crippen LogP contribution in [-0.2, 0) is 10.8 Å². The number of para-hydroxylation sites is 2. The zero-order chi connectivity index (χ0) is 50.6. The lowest BCUT2D eigenvalue weighted by Crippen LogP contribution is -2.15. The fourth-order valence-corrected chi connectivity index (χ4v) is 13.8. The molecule has 0 bridgehead atoms. The van der Waals surface area contributed by atoms with E-state index in [1.165, 1.54) is 154 Å². The van der Waals surface area contributed by atoms with E-state index in [1.807, 2.05) is 0 Å². The van der Waals surface area contributed by atoms with Crippen molar-refractivity contribution in [2.75, 3.05) is 0 Å². The van der Waals surface area contributed by atoms with Gasteiger partial charge in [-0.3, -0.25) is 0 Å². The van der Waals surface area contributed by atoms with Crippen LogP contribution in [0.5, 0.6) is 0 Å². The molecule has 76 heavy (non-hydrogen) atoms. The Kier molecular flexibility index (Phi) is 8.89. The van der Waals surface area contributed by atoms with Crippen molar-refractivity contribution in [3.8, 4) is 67.0 Å². The molecule has 0 amide bonds. The summed E-state index contributed by atoms with van der Waals surface area (Å²) < 4.78 is 4.90. The van der Waals surface area contributed by atoms with Crippen LogP contribution in [0.2, 0.25) is 0 Å². The van der Waals surface area contributed by atoms with Crippen molar-refractivity contribution in [1.29, 1.82) is 0 Å². The highest BCUT2D eigenvalue weighted by molar-refractivity contribution is 6.13. The van der Waals surface area contributed by atoms with Crippen molar-refractivity contribution in [2.24, 2.45) is 0 Å². The summed E-state index contributed by atoms with van der Waals surface area (Å²) >= 11 is 0. The fraction of sp³-hybridized carbons (Fsp3) is 0.0811. The van der Waals surface area contributed by atoms with Crippen LogP contribution in [0.3, 0.4) is 0 Å². The lowest BCUT2D eigenvalue weighted by Gasteiger charge is -2.24. The minimum Gasteiger partial charge on any atom is -0.309 e. The van der Waals surface area contributed by atoms with Gasteiger partial charge in [0.1, 0.15) is 0 Å². The highest BCUT2D eigenvalue weighted by Gasteiger charge is 2.38. The van der Waals surface area contributed by atoms with E-state index >= 15 is 0 Å². The number of aromatic nitrogens is 2. The molecular weight excluding hydrogens is 917 g/mol. The molecule has 0 aliphatic heterocycles. The van der Waals surface area contributed by atoms with Gasteiger partial charge in [0.25, 0.3) is 0 Å². The molecule has 0 fully saturated rings. The van der Waals surface area contributed by atoms with Crippen molar-refractivity contribution >= 4 is 65.2 Å². The Labute approximate surface area is 442 Å². The molecule has 2 aliphatic rings. The number of hydrogen-bond donors (Lipinski definition) is 0. The summed E-state index contributed by atoms with van der Waals surface area (Å²) in [5.74, 6) is 0. The van der Waals surface area contributed by atoms with Gasteiger partial charge in [0.15, 0.2) is 0 Å². The third-order valence-electron chi connectivity index (χ3n) is 17.7. The average molecular weight is 969 g/mol. The normalized spacial score (nSPS) is 14.0. The smallest absolute Gasteiger partial charge is 0.0541 e. The van der Waals surface area contributed by atoms with Crippen LogP contribution >= 0.6 is 0 Å². The third-order valence-corrected chi connectivity index (χ3v) is 17.7. The molecule has 14 aromatic rings. The zero-order valence-electron chi connectivity index (χ0n) is 43.0. The minimum absolute atomic E-state index is 0.179. The van der Waals surface area contributed by atoms with E-state index in [0.29, 0.717) is 0 Å². The summed E-state index contributed by atoms with van der Waals surface area (Å²) in [4.78, 5) is 0. The van der Waals surface area contributed by atoms with Crippen LogP contribution < -0.4 is 0 Å². The molecule has 12 aromatic carbocycles. The molecule has 2 aliphatic carbocycles. The van der Waals surface area contributed by atoms with Gasteiger partial charge in [-0.2, -0.15) is 0 Å². The highest BCUT2D eigenvalue weighted by Crippen LogP contribution is 2.54. The second kappa shape index (κ2) is 15.6. The summed E-state index contributed by atoms with van der Waals surface area (Å²) in [6.07, 6.45) is 0. The van der Waals surface area contributed by atoms with Gasteiger partial charge in [-0.1, -0.05) is 198 Å². The Morgan fingerprint density at radius 1 is 0.237 bits per heavy atom. The molecule has 0 spiro atoms. The monoisotopic (exact) mass is 968 g/mol. The standard InChI is InChI=1S/C74H52N2/c1-73(2)63-41-49(47-31-37-71-61(39-47)59-21-9-11-23-69(59)75(71)67-25-13-17-45-15-5-7-19-53(45)67)27-33-55(63)57-35-29-51(43-65(57)73)52-30-36-58-56-34-28-50(42-64(56)74(3,4)66(58)44-52)48-32-38-72-62(40-48)60-22-10-12-24-70(60)76(72)68-26-14-18-46-16-6-8-20-54(46)68/h5-44H,1-4H3. The quantitative estimate of drug-likeness (QED) is 0.163. The topological polar surface area (TPSA) is 9.86 Å². The van der Waals surface area contributed by atoms with Crippen LogP contribution in [0, 0.1) is 0 Å². The first-order valence-corrected chi connectivity index (χ1v) is 26.8. The molecule has 0 saturated carbocycles. The largest absolute Gasteiger partial charge is 0.309 e. The van der Waals surface area contributed by atoms with Crippen LogP contribution in [0.15, 0.2) is 243 Å². The van der Waals surface area contributed by atoms with Gasteiger partial charge in [0.2, 0.25) is 0 Å². The molecule has 0 radical (unpaired) electrons. The summed E-state index contributed by atoms with van der Waals surface area (Å²) in [5, 5.41) is 10.1. The molecule has 16 rings (SSSR count). The molecule has 0 saturated heterocycles. The predicted molar refractivity (Wildman–Crippen MR) is 322 cm³/mol. The number of hydrogen-bond acceptors (Lipinski definition) is 0. The van der Waals surface area contributed by atoms with E-state index in [2.05, 4.69) is 279 Å². The Bertz CT molecular complexity index is 4500. The third kappa shape index (κ3) is 6.04. The molecule has 2 heterocycles. The molecule has 0 unspecified atom stereocenters. The number of benzene rings is 12. The summed E-state index contributed by atoms with van der Waals surface area (Å²) in [6.45, 7) is 9.64. The van der Waals surface area contributed by atoms with Gasteiger partial charge in [-0.25, -0.2) is 0 Å². The van der Waals surface area contributed by atoms with E-state index in [0.717, 1.165) is 0 Å². The minimum atomic E-state index is -0.179. The van der Waals surface area contributed by atoms with Gasteiger partial charge >= 0.3 is 0 Å². The first-order chi connectivity index (χ1) is 37.2. The maximum Gasteiger partial charge on any atom is 0.0541 e. The molecule has 2 nitrogen and oxygen atoms in total. The van der Waals surface area contributed by atoms with E-state index in [1.54, 1.807) is 0 Å². The summed E-state index contributed by atoms with van der Waals surface area (Å²) in [5.41, 5.74) is 25.3. The zero-order valence-corrected chi connectivity index (χ0v) is 43.0. The van der Waals surface area contributed by atoms with Gasteiger partial charge in [-0.15, -0.1) is 0 Å². The SMILES string of the molecule is CC1(C)c2cc(-c3ccc4c(c3)C(C)(C)c3cc(-c5ccc6c(c5)c5ccccc5n6-c5cccc6ccccc56)ccc3-4)ccc2-c2ccc(-c3ccc4c(c3)c3ccccc3n4-c3cccc4ccccc34)cc21. The predicted octanol–water partition coefficient (Wildman–Crippen LogP) is 19.8. The number of rotatable bonds is 5. The van der Waals surface area contributed by atoms with E-state index in [-0.39, 0.29) is 10.8 Å². The first kappa shape index (κ1) is 43.2. The van der Waals surface area contributed by atoms with Gasteiger partial charge in [0, 0.05) is 43.1 Å². The lowest BCUT2D eigenvalue weighted by atomic mass is 9.79. The second-order valence-corrected chi connectivity index (χ2v) is 22.5.